The van der Waals surface area contributed by atoms with Crippen molar-refractivity contribution >= 4 is 17.7 Å². The van der Waals surface area contributed by atoms with E-state index in [1.807, 2.05) is 54.6 Å². The number of ether oxygens (including phenoxy) is 1. The number of hydrogen-bond donors (Lipinski definition) is 4. The van der Waals surface area contributed by atoms with Crippen molar-refractivity contribution in [2.45, 2.75) is 63.1 Å². The summed E-state index contributed by atoms with van der Waals surface area (Å²) in [5.74, 6) is -0.230. The molecular weight excluding hydrogens is 496 g/mol. The monoisotopic (exact) mass is 538 g/mol. The Balaban J connectivity index is 0.00000205. The molecule has 2 aliphatic heterocycles. The van der Waals surface area contributed by atoms with Gasteiger partial charge in [-0.1, -0.05) is 42.5 Å². The number of benzene rings is 2. The van der Waals surface area contributed by atoms with Gasteiger partial charge in [-0.2, -0.15) is 0 Å². The number of aliphatic hydroxyl groups is 1. The molecule has 0 aliphatic carbocycles. The van der Waals surface area contributed by atoms with E-state index in [1.54, 1.807) is 12.0 Å². The maximum absolute atomic E-state index is 13.7. The van der Waals surface area contributed by atoms with Crippen LogP contribution >= 0.6 is 0 Å². The maximum atomic E-state index is 13.7. The van der Waals surface area contributed by atoms with Gasteiger partial charge in [0.25, 0.3) is 0 Å². The number of aliphatic hydroxyl groups excluding tert-OH is 1. The van der Waals surface area contributed by atoms with E-state index in [0.717, 1.165) is 23.3 Å². The number of fused-ring (bicyclic) bond motifs is 1. The lowest BCUT2D eigenvalue weighted by Crippen LogP contribution is -2.56. The molecule has 0 saturated carbocycles. The molecule has 4 atom stereocenters. The molecule has 9 heteroatoms. The van der Waals surface area contributed by atoms with Gasteiger partial charge in [0.1, 0.15) is 17.8 Å². The zero-order valence-electron chi connectivity index (χ0n) is 23.0. The number of nitrogens with zero attached hydrogens (tertiary/aromatic N) is 1. The van der Waals surface area contributed by atoms with Crippen LogP contribution in [0, 0.1) is 5.92 Å². The van der Waals surface area contributed by atoms with Crippen LogP contribution in [0.3, 0.4) is 0 Å². The highest BCUT2D eigenvalue weighted by molar-refractivity contribution is 5.93. The van der Waals surface area contributed by atoms with Gasteiger partial charge in [0.05, 0.1) is 7.11 Å². The third-order valence-electron chi connectivity index (χ3n) is 7.57. The molecule has 2 saturated heterocycles. The van der Waals surface area contributed by atoms with Gasteiger partial charge in [-0.15, -0.1) is 0 Å². The number of hydrogen-bond acceptors (Lipinski definition) is 6. The topological polar surface area (TPSA) is 134 Å². The smallest absolute Gasteiger partial charge is 0.246 e. The highest BCUT2D eigenvalue weighted by atomic mass is 16.5. The molecule has 2 aromatic rings. The average molecular weight is 539 g/mol. The first-order valence-corrected chi connectivity index (χ1v) is 13.7. The van der Waals surface area contributed by atoms with Gasteiger partial charge in [-0.3, -0.25) is 14.4 Å². The van der Waals surface area contributed by atoms with Crippen molar-refractivity contribution < 1.29 is 24.2 Å². The minimum Gasteiger partial charge on any atom is -0.497 e. The van der Waals surface area contributed by atoms with E-state index in [4.69, 9.17) is 4.74 Å². The SMILES string of the molecule is CN.COc1ccc(CCNC(=O)C2CCC3CCC(CO)C(NC(=O)CCc4ccccc4)C(=O)N32)cc1. The van der Waals surface area contributed by atoms with Crippen LogP contribution in [0.5, 0.6) is 5.75 Å². The van der Waals surface area contributed by atoms with Gasteiger partial charge in [0.15, 0.2) is 0 Å². The van der Waals surface area contributed by atoms with E-state index < -0.39 is 12.1 Å². The minimum absolute atomic E-state index is 0.0508. The molecule has 3 amide bonds. The molecule has 0 radical (unpaired) electrons. The predicted molar refractivity (Wildman–Crippen MR) is 150 cm³/mol. The number of aryl methyl sites for hydroxylation is 1. The Labute approximate surface area is 231 Å². The van der Waals surface area contributed by atoms with Crippen LogP contribution in [0.15, 0.2) is 54.6 Å². The lowest BCUT2D eigenvalue weighted by atomic mass is 9.94. The third kappa shape index (κ3) is 8.03. The molecule has 0 bridgehead atoms. The quantitative estimate of drug-likeness (QED) is 0.365. The fraction of sp³-hybridized carbons (Fsp3) is 0.500. The average Bonchev–Trinajstić information content (AvgIpc) is 3.36. The summed E-state index contributed by atoms with van der Waals surface area (Å²) in [5, 5.41) is 15.9. The van der Waals surface area contributed by atoms with Crippen molar-refractivity contribution in [3.63, 3.8) is 0 Å². The normalized spacial score (nSPS) is 22.2. The standard InChI is InChI=1S/C29H37N3O5.CH5N/c1-37-24-13-7-21(8-14-24)17-18-30-28(35)25-15-12-23-11-10-22(19-33)27(29(36)32(23)25)31-26(34)16-9-20-5-3-2-4-6-20;1-2/h2-8,13-14,22-23,25,27,33H,9-12,15-19H2,1H3,(H,30,35)(H,31,34);2H2,1H3. The molecule has 4 unspecified atom stereocenters. The summed E-state index contributed by atoms with van der Waals surface area (Å²) in [5.41, 5.74) is 6.63. The van der Waals surface area contributed by atoms with E-state index in [0.29, 0.717) is 38.6 Å². The van der Waals surface area contributed by atoms with Crippen molar-refractivity contribution in [2.24, 2.45) is 11.7 Å². The second-order valence-electron chi connectivity index (χ2n) is 9.93. The summed E-state index contributed by atoms with van der Waals surface area (Å²) in [7, 11) is 3.12. The lowest BCUT2D eigenvalue weighted by molar-refractivity contribution is -0.143. The second kappa shape index (κ2) is 15.2. The number of amides is 3. The van der Waals surface area contributed by atoms with Gasteiger partial charge in [0, 0.05) is 31.5 Å². The molecule has 2 heterocycles. The van der Waals surface area contributed by atoms with Crippen LogP contribution < -0.4 is 21.1 Å². The first kappa shape index (κ1) is 30.1. The highest BCUT2D eigenvalue weighted by Gasteiger charge is 2.47. The van der Waals surface area contributed by atoms with Crippen molar-refractivity contribution in [3.8, 4) is 5.75 Å². The second-order valence-corrected chi connectivity index (χ2v) is 9.93. The number of nitrogens with one attached hydrogen (secondary N) is 2. The number of methoxy groups -OCH3 is 1. The van der Waals surface area contributed by atoms with Gasteiger partial charge < -0.3 is 31.1 Å². The van der Waals surface area contributed by atoms with Crippen molar-refractivity contribution in [2.75, 3.05) is 27.3 Å². The summed E-state index contributed by atoms with van der Waals surface area (Å²) in [4.78, 5) is 41.3. The van der Waals surface area contributed by atoms with E-state index in [1.165, 1.54) is 7.05 Å². The fourth-order valence-corrected chi connectivity index (χ4v) is 5.46. The van der Waals surface area contributed by atoms with Gasteiger partial charge in [-0.25, -0.2) is 0 Å². The largest absolute Gasteiger partial charge is 0.497 e. The van der Waals surface area contributed by atoms with Crippen LogP contribution in [0.1, 0.15) is 43.2 Å². The molecule has 212 valence electrons. The first-order valence-electron chi connectivity index (χ1n) is 13.7. The number of carbonyl (C=O) groups is 3. The molecule has 0 aromatic heterocycles. The summed E-state index contributed by atoms with van der Waals surface area (Å²) < 4.78 is 5.18. The molecule has 2 aromatic carbocycles. The number of carbonyl (C=O) groups excluding carboxylic acids is 3. The molecule has 39 heavy (non-hydrogen) atoms. The Morgan fingerprint density at radius 3 is 2.31 bits per heavy atom. The van der Waals surface area contributed by atoms with Crippen molar-refractivity contribution in [3.05, 3.63) is 65.7 Å². The highest BCUT2D eigenvalue weighted by Crippen LogP contribution is 2.34. The van der Waals surface area contributed by atoms with Crippen LogP contribution in [0.4, 0.5) is 0 Å². The van der Waals surface area contributed by atoms with E-state index in [-0.39, 0.29) is 42.7 Å². The van der Waals surface area contributed by atoms with Crippen molar-refractivity contribution in [1.82, 2.24) is 15.5 Å². The molecule has 2 aliphatic rings. The minimum atomic E-state index is -0.828. The van der Waals surface area contributed by atoms with E-state index in [2.05, 4.69) is 16.4 Å². The van der Waals surface area contributed by atoms with Crippen molar-refractivity contribution in [1.29, 1.82) is 0 Å². The van der Waals surface area contributed by atoms with Gasteiger partial charge in [0.2, 0.25) is 17.7 Å². The first-order chi connectivity index (χ1) is 19.0. The van der Waals surface area contributed by atoms with Crippen LogP contribution in [-0.4, -0.2) is 73.2 Å². The summed E-state index contributed by atoms with van der Waals surface area (Å²) >= 11 is 0. The van der Waals surface area contributed by atoms with Crippen LogP contribution in [-0.2, 0) is 27.2 Å². The Hall–Kier alpha value is -3.43. The van der Waals surface area contributed by atoms with Gasteiger partial charge >= 0.3 is 0 Å². The van der Waals surface area contributed by atoms with Gasteiger partial charge in [-0.05, 0) is 68.8 Å². The third-order valence-corrected chi connectivity index (χ3v) is 7.57. The molecular formula is C30H42N4O5. The lowest BCUT2D eigenvalue weighted by Gasteiger charge is -2.31. The Morgan fingerprint density at radius 2 is 1.64 bits per heavy atom. The fourth-order valence-electron chi connectivity index (χ4n) is 5.46. The molecule has 0 spiro atoms. The number of rotatable bonds is 10. The molecule has 2 fully saturated rings. The maximum Gasteiger partial charge on any atom is 0.246 e. The van der Waals surface area contributed by atoms with Crippen LogP contribution in [0.2, 0.25) is 0 Å². The Kier molecular flexibility index (Phi) is 11.8. The summed E-state index contributed by atoms with van der Waals surface area (Å²) in [6, 6.07) is 16.0. The Morgan fingerprint density at radius 1 is 0.974 bits per heavy atom. The summed E-state index contributed by atoms with van der Waals surface area (Å²) in [6.07, 6.45) is 4.18. The molecule has 4 rings (SSSR count). The predicted octanol–water partition coefficient (Wildman–Crippen LogP) is 1.81. The van der Waals surface area contributed by atoms with E-state index in [9.17, 15) is 19.5 Å². The number of nitrogens with two attached hydrogens (primary N) is 1. The zero-order chi connectivity index (χ0) is 28.2. The van der Waals surface area contributed by atoms with E-state index >= 15 is 0 Å². The molecule has 9 nitrogen and oxygen atoms in total. The zero-order valence-corrected chi connectivity index (χ0v) is 23.0. The Bertz CT molecular complexity index is 1060. The summed E-state index contributed by atoms with van der Waals surface area (Å²) in [6.45, 7) is 0.280. The van der Waals surface area contributed by atoms with Crippen LogP contribution in [0.25, 0.3) is 0 Å². The molecule has 5 N–H and O–H groups in total.